The van der Waals surface area contributed by atoms with Gasteiger partial charge in [0.05, 0.1) is 17.1 Å². The maximum atomic E-state index is 11.7. The molecule has 0 saturated carbocycles. The first-order chi connectivity index (χ1) is 13.4. The van der Waals surface area contributed by atoms with Crippen molar-refractivity contribution in [1.82, 2.24) is 19.5 Å². The van der Waals surface area contributed by atoms with Gasteiger partial charge in [0.15, 0.2) is 12.1 Å². The Morgan fingerprint density at radius 1 is 1.18 bits per heavy atom. The van der Waals surface area contributed by atoms with Gasteiger partial charge in [-0.25, -0.2) is 15.0 Å². The van der Waals surface area contributed by atoms with Crippen LogP contribution in [-0.2, 0) is 11.5 Å². The number of halogens is 1. The maximum Gasteiger partial charge on any atom is 0.185 e. The van der Waals surface area contributed by atoms with Gasteiger partial charge in [-0.15, -0.1) is 0 Å². The zero-order valence-corrected chi connectivity index (χ0v) is 18.0. The van der Waals surface area contributed by atoms with E-state index >= 15 is 0 Å². The molecule has 0 aliphatic carbocycles. The monoisotopic (exact) mass is 414 g/mol. The lowest BCUT2D eigenvalue weighted by Gasteiger charge is -2.16. The lowest BCUT2D eigenvalue weighted by Crippen LogP contribution is -2.22. The van der Waals surface area contributed by atoms with E-state index in [4.69, 9.17) is 16.3 Å². The minimum absolute atomic E-state index is 0.235. The second kappa shape index (κ2) is 8.77. The summed E-state index contributed by atoms with van der Waals surface area (Å²) in [4.78, 5) is 24.6. The van der Waals surface area contributed by atoms with Crippen LogP contribution >= 0.6 is 11.6 Å². The fraction of sp³-hybridized carbons (Fsp3) is 0.300. The first-order valence-corrected chi connectivity index (χ1v) is 13.1. The Kier molecular flexibility index (Phi) is 6.38. The van der Waals surface area contributed by atoms with E-state index in [9.17, 15) is 4.79 Å². The topological polar surface area (TPSA) is 69.9 Å². The third kappa shape index (κ3) is 4.92. The van der Waals surface area contributed by atoms with E-state index < -0.39 is 8.07 Å². The van der Waals surface area contributed by atoms with Gasteiger partial charge in [0.2, 0.25) is 0 Å². The minimum Gasteiger partial charge on any atom is -0.361 e. The van der Waals surface area contributed by atoms with E-state index in [0.717, 1.165) is 23.6 Å². The number of nitrogens with zero attached hydrogens (tertiary/aromatic N) is 4. The average molecular weight is 415 g/mol. The van der Waals surface area contributed by atoms with Gasteiger partial charge in [-0.2, -0.15) is 0 Å². The molecule has 3 rings (SSSR count). The average Bonchev–Trinajstić information content (AvgIpc) is 3.04. The van der Waals surface area contributed by atoms with Gasteiger partial charge in [-0.1, -0.05) is 43.4 Å². The molecule has 0 saturated heterocycles. The molecule has 3 aromatic rings. The first kappa shape index (κ1) is 20.4. The second-order valence-electron chi connectivity index (χ2n) is 7.66. The van der Waals surface area contributed by atoms with Crippen molar-refractivity contribution in [2.24, 2.45) is 0 Å². The molecular weight excluding hydrogens is 392 g/mol. The molecule has 6 nitrogen and oxygen atoms in total. The van der Waals surface area contributed by atoms with Crippen molar-refractivity contribution in [3.63, 3.8) is 0 Å². The number of benzene rings is 1. The van der Waals surface area contributed by atoms with Crippen molar-refractivity contribution in [1.29, 1.82) is 0 Å². The van der Waals surface area contributed by atoms with E-state index in [0.29, 0.717) is 28.8 Å². The molecule has 0 amide bonds. The number of hydrogen-bond acceptors (Lipinski definition) is 5. The number of rotatable bonds is 8. The van der Waals surface area contributed by atoms with Gasteiger partial charge in [-0.3, -0.25) is 9.36 Å². The number of carbonyl (C=O) groups excluding carboxylic acids is 1. The third-order valence-electron chi connectivity index (χ3n) is 4.26. The van der Waals surface area contributed by atoms with Gasteiger partial charge >= 0.3 is 0 Å². The highest BCUT2D eigenvalue weighted by Crippen LogP contribution is 2.32. The highest BCUT2D eigenvalue weighted by atomic mass is 35.5. The number of imidazole rings is 1. The summed E-state index contributed by atoms with van der Waals surface area (Å²) in [6.07, 6.45) is 3.88. The van der Waals surface area contributed by atoms with Crippen LogP contribution in [0.25, 0.3) is 22.6 Å². The normalized spacial score (nSPS) is 11.6. The first-order valence-electron chi connectivity index (χ1n) is 9.05. The van der Waals surface area contributed by atoms with Crippen LogP contribution in [0.2, 0.25) is 30.7 Å². The van der Waals surface area contributed by atoms with E-state index in [2.05, 4.69) is 34.6 Å². The fourth-order valence-corrected chi connectivity index (χ4v) is 3.61. The SMILES string of the molecule is C[Si](C)(C)CCOCn1c(C=O)nc(-c2ccc(Cl)cc2)c1-c1ccncn1. The molecule has 2 heterocycles. The molecule has 2 aromatic heterocycles. The zero-order valence-electron chi connectivity index (χ0n) is 16.2. The standard InChI is InChI=1S/C20H23ClN4O2Si/c1-28(2,3)11-10-27-14-25-18(12-26)24-19(15-4-6-16(21)7-5-15)20(25)17-8-9-22-13-23-17/h4-9,12-13H,10-11,14H2,1-3H3. The van der Waals surface area contributed by atoms with Crippen molar-refractivity contribution >= 4 is 26.0 Å². The number of carbonyl (C=O) groups is 1. The lowest BCUT2D eigenvalue weighted by molar-refractivity contribution is 0.0841. The van der Waals surface area contributed by atoms with Crippen molar-refractivity contribution in [2.75, 3.05) is 6.61 Å². The van der Waals surface area contributed by atoms with Gasteiger partial charge in [0.1, 0.15) is 13.1 Å². The van der Waals surface area contributed by atoms with Gasteiger partial charge in [0.25, 0.3) is 0 Å². The molecule has 0 unspecified atom stereocenters. The van der Waals surface area contributed by atoms with Crippen LogP contribution in [0.4, 0.5) is 0 Å². The molecule has 0 aliphatic heterocycles. The van der Waals surface area contributed by atoms with E-state index in [1.165, 1.54) is 6.33 Å². The van der Waals surface area contributed by atoms with Crippen LogP contribution < -0.4 is 0 Å². The molecule has 0 bridgehead atoms. The number of aromatic nitrogens is 4. The maximum absolute atomic E-state index is 11.7. The van der Waals surface area contributed by atoms with Crippen LogP contribution in [0.5, 0.6) is 0 Å². The Hall–Kier alpha value is -2.35. The van der Waals surface area contributed by atoms with Crippen molar-refractivity contribution in [3.05, 3.63) is 53.7 Å². The molecule has 0 atom stereocenters. The van der Waals surface area contributed by atoms with E-state index in [1.54, 1.807) is 29.0 Å². The quantitative estimate of drug-likeness (QED) is 0.301. The molecule has 0 N–H and O–H groups in total. The number of hydrogen-bond donors (Lipinski definition) is 0. The summed E-state index contributed by atoms with van der Waals surface area (Å²) in [7, 11) is -1.20. The Labute approximate surface area is 170 Å². The summed E-state index contributed by atoms with van der Waals surface area (Å²) < 4.78 is 7.67. The summed E-state index contributed by atoms with van der Waals surface area (Å²) in [5.41, 5.74) is 2.90. The van der Waals surface area contributed by atoms with Crippen molar-refractivity contribution in [2.45, 2.75) is 32.4 Å². The third-order valence-corrected chi connectivity index (χ3v) is 6.22. The zero-order chi connectivity index (χ0) is 20.1. The molecule has 0 spiro atoms. The largest absolute Gasteiger partial charge is 0.361 e. The van der Waals surface area contributed by atoms with Crippen molar-refractivity contribution < 1.29 is 9.53 Å². The Morgan fingerprint density at radius 2 is 1.93 bits per heavy atom. The predicted molar refractivity (Wildman–Crippen MR) is 113 cm³/mol. The molecular formula is C20H23ClN4O2Si. The summed E-state index contributed by atoms with van der Waals surface area (Å²) in [6, 6.07) is 10.2. The molecule has 8 heteroatoms. The van der Waals surface area contributed by atoms with Gasteiger partial charge < -0.3 is 4.74 Å². The van der Waals surface area contributed by atoms with Crippen LogP contribution in [0.15, 0.2) is 42.9 Å². The van der Waals surface area contributed by atoms with Crippen LogP contribution in [0.1, 0.15) is 10.6 Å². The molecule has 146 valence electrons. The Bertz CT molecular complexity index is 937. The van der Waals surface area contributed by atoms with Crippen LogP contribution in [-0.4, -0.2) is 40.5 Å². The van der Waals surface area contributed by atoms with E-state index in [-0.39, 0.29) is 6.73 Å². The Balaban J connectivity index is 2.02. The number of ether oxygens (including phenoxy) is 1. The summed E-state index contributed by atoms with van der Waals surface area (Å²) in [6.45, 7) is 7.78. The van der Waals surface area contributed by atoms with Gasteiger partial charge in [0, 0.05) is 31.5 Å². The highest BCUT2D eigenvalue weighted by Gasteiger charge is 2.21. The molecule has 1 aromatic carbocycles. The summed E-state index contributed by atoms with van der Waals surface area (Å²) in [5.74, 6) is 0.298. The van der Waals surface area contributed by atoms with Gasteiger partial charge in [-0.05, 0) is 24.2 Å². The predicted octanol–water partition coefficient (Wildman–Crippen LogP) is 4.79. The fourth-order valence-electron chi connectivity index (χ4n) is 2.72. The highest BCUT2D eigenvalue weighted by molar-refractivity contribution is 6.76. The molecule has 0 aliphatic rings. The summed E-state index contributed by atoms with van der Waals surface area (Å²) in [5, 5.41) is 0.636. The van der Waals surface area contributed by atoms with Crippen molar-refractivity contribution in [3.8, 4) is 22.6 Å². The molecule has 0 fully saturated rings. The number of aldehydes is 1. The Morgan fingerprint density at radius 3 is 2.54 bits per heavy atom. The summed E-state index contributed by atoms with van der Waals surface area (Å²) >= 11 is 6.02. The van der Waals surface area contributed by atoms with Crippen LogP contribution in [0, 0.1) is 0 Å². The second-order valence-corrected chi connectivity index (χ2v) is 13.7. The molecule has 0 radical (unpaired) electrons. The molecule has 28 heavy (non-hydrogen) atoms. The van der Waals surface area contributed by atoms with E-state index in [1.807, 2.05) is 12.1 Å². The van der Waals surface area contributed by atoms with Crippen LogP contribution in [0.3, 0.4) is 0 Å². The smallest absolute Gasteiger partial charge is 0.185 e. The minimum atomic E-state index is -1.20. The lowest BCUT2D eigenvalue weighted by atomic mass is 10.1.